The minimum Gasteiger partial charge on any atom is -0.382 e. The van der Waals surface area contributed by atoms with E-state index < -0.39 is 18.8 Å². The smallest absolute Gasteiger partial charge is 0.382 e. The maximum atomic E-state index is 10.5. The molecule has 0 rings (SSSR count). The number of halogens is 8. The predicted octanol–water partition coefficient (Wildman–Crippen LogP) is 5.38. The summed E-state index contributed by atoms with van der Waals surface area (Å²) in [6, 6.07) is 0. The first-order valence-electron chi connectivity index (χ1n) is 2.74. The van der Waals surface area contributed by atoms with E-state index in [0.29, 0.717) is 0 Å². The van der Waals surface area contributed by atoms with Crippen LogP contribution in [0.4, 0.5) is 9.59 Å². The number of ether oxygens (including phenoxy) is 2. The highest BCUT2D eigenvalue weighted by Gasteiger charge is 2.32. The largest absolute Gasteiger partial charge is 0.515 e. The molecule has 0 aliphatic carbocycles. The molecule has 0 N–H and O–H groups in total. The first-order valence-corrected chi connectivity index (χ1v) is 5.76. The van der Waals surface area contributed by atoms with Gasteiger partial charge in [-0.25, -0.2) is 4.79 Å². The summed E-state index contributed by atoms with van der Waals surface area (Å²) in [7, 11) is 0. The summed E-state index contributed by atoms with van der Waals surface area (Å²) in [6.45, 7) is 0. The van der Waals surface area contributed by atoms with Gasteiger partial charge in [0.15, 0.2) is 0 Å². The van der Waals surface area contributed by atoms with Crippen LogP contribution in [0.25, 0.3) is 0 Å². The summed E-state index contributed by atoms with van der Waals surface area (Å²) < 4.78 is 2.62. The molecule has 0 unspecified atom stereocenters. The van der Waals surface area contributed by atoms with Crippen molar-refractivity contribution in [1.82, 2.24) is 0 Å². The van der Waals surface area contributed by atoms with Gasteiger partial charge in [0.2, 0.25) is 0 Å². The van der Waals surface area contributed by atoms with Crippen LogP contribution in [-0.4, -0.2) is 18.8 Å². The molecule has 0 bridgehead atoms. The number of hydrogen-bond donors (Lipinski definition) is 0. The average molecular weight is 396 g/mol. The van der Waals surface area contributed by atoms with Crippen molar-refractivity contribution >= 4 is 104 Å². The molecule has 0 atom stereocenters. The molecule has 12 heteroatoms. The van der Waals surface area contributed by atoms with Gasteiger partial charge in [-0.2, -0.15) is 0 Å². The maximum absolute atomic E-state index is 10.5. The third-order valence-electron chi connectivity index (χ3n) is 0.398. The number of alkyl halides is 6. The maximum Gasteiger partial charge on any atom is 0.515 e. The molecule has 0 saturated heterocycles. The van der Waals surface area contributed by atoms with Crippen molar-refractivity contribution in [2.24, 2.45) is 0 Å². The van der Waals surface area contributed by atoms with E-state index in [1.54, 1.807) is 0 Å². The van der Waals surface area contributed by atoms with Gasteiger partial charge in [0.05, 0.1) is 0 Å². The van der Waals surface area contributed by atoms with Gasteiger partial charge < -0.3 is 9.47 Å². The highest BCUT2D eigenvalue weighted by atomic mass is 35.6. The summed E-state index contributed by atoms with van der Waals surface area (Å²) in [5, 5.41) is 0. The number of rotatable bonds is 0. The Bertz CT molecular complexity index is 219. The molecule has 16 heavy (non-hydrogen) atoms. The molecule has 0 aliphatic heterocycles. The molecule has 96 valence electrons. The minimum atomic E-state index is -2.24. The molecule has 0 aliphatic rings. The fourth-order valence-corrected chi connectivity index (χ4v) is 0.588. The van der Waals surface area contributed by atoms with Crippen LogP contribution >= 0.6 is 92.8 Å². The Morgan fingerprint density at radius 2 is 0.938 bits per heavy atom. The van der Waals surface area contributed by atoms with E-state index in [1.807, 2.05) is 0 Å². The lowest BCUT2D eigenvalue weighted by Crippen LogP contribution is -2.22. The topological polar surface area (TPSA) is 52.6 Å². The van der Waals surface area contributed by atoms with Crippen LogP contribution in [0.3, 0.4) is 0 Å². The Morgan fingerprint density at radius 3 is 1.06 bits per heavy atom. The summed E-state index contributed by atoms with van der Waals surface area (Å²) in [5.74, 6) is 0. The van der Waals surface area contributed by atoms with Crippen molar-refractivity contribution in [2.45, 2.75) is 7.96 Å². The third-order valence-corrected chi connectivity index (χ3v) is 0.861. The third kappa shape index (κ3) is 24.5. The molecular formula is C4Cl8O4. The molecule has 0 aromatic carbocycles. The lowest BCUT2D eigenvalue weighted by Gasteiger charge is -2.15. The van der Waals surface area contributed by atoms with Crippen molar-refractivity contribution in [1.29, 1.82) is 0 Å². The van der Waals surface area contributed by atoms with Gasteiger partial charge in [-0.15, -0.1) is 0 Å². The lowest BCUT2D eigenvalue weighted by atomic mass is 11.3. The SMILES string of the molecule is O=C(Cl)Cl.O=C(OC(Cl)(Cl)Cl)OC(Cl)(Cl)Cl. The van der Waals surface area contributed by atoms with Gasteiger partial charge in [0, 0.05) is 0 Å². The Morgan fingerprint density at radius 1 is 0.750 bits per heavy atom. The van der Waals surface area contributed by atoms with E-state index in [1.165, 1.54) is 0 Å². The molecule has 0 heterocycles. The molecule has 4 nitrogen and oxygen atoms in total. The summed E-state index contributed by atoms with van der Waals surface area (Å²) in [5.41, 5.74) is 0. The summed E-state index contributed by atoms with van der Waals surface area (Å²) in [4.78, 5) is 19.5. The van der Waals surface area contributed by atoms with Crippen molar-refractivity contribution in [2.75, 3.05) is 0 Å². The van der Waals surface area contributed by atoms with E-state index in [4.69, 9.17) is 74.4 Å². The van der Waals surface area contributed by atoms with Crippen LogP contribution in [0.1, 0.15) is 0 Å². The normalized spacial score (nSPS) is 11.0. The van der Waals surface area contributed by atoms with Crippen molar-refractivity contribution < 1.29 is 19.1 Å². The fourth-order valence-electron chi connectivity index (χ4n) is 0.210. The second-order valence-corrected chi connectivity index (χ2v) is 6.81. The van der Waals surface area contributed by atoms with Gasteiger partial charge in [-0.1, -0.05) is 0 Å². The highest BCUT2D eigenvalue weighted by molar-refractivity contribution is 6.93. The summed E-state index contributed by atoms with van der Waals surface area (Å²) in [6.07, 6.45) is -1.41. The fraction of sp³-hybridized carbons (Fsp3) is 0.500. The Labute approximate surface area is 130 Å². The second-order valence-electron chi connectivity index (χ2n) is 1.57. The lowest BCUT2D eigenvalue weighted by molar-refractivity contribution is 0.0508. The number of carbonyl (C=O) groups excluding carboxylic acids is 2. The zero-order valence-electron chi connectivity index (χ0n) is 6.66. The van der Waals surface area contributed by atoms with E-state index >= 15 is 0 Å². The minimum absolute atomic E-state index is 0.889. The highest BCUT2D eigenvalue weighted by Crippen LogP contribution is 2.32. The van der Waals surface area contributed by atoms with Crippen LogP contribution in [0, 0.1) is 0 Å². The van der Waals surface area contributed by atoms with Gasteiger partial charge in [0.25, 0.3) is 0 Å². The van der Waals surface area contributed by atoms with Gasteiger partial charge in [0.1, 0.15) is 0 Å². The number of hydrogen-bond acceptors (Lipinski definition) is 4. The first kappa shape index (κ1) is 19.6. The Kier molecular flexibility index (Phi) is 10.3. The van der Waals surface area contributed by atoms with Crippen LogP contribution in [0.2, 0.25) is 0 Å². The summed E-state index contributed by atoms with van der Waals surface area (Å²) >= 11 is 39.0. The molecular weight excluding hydrogens is 396 g/mol. The van der Waals surface area contributed by atoms with Crippen LogP contribution in [-0.2, 0) is 9.47 Å². The second kappa shape index (κ2) is 8.38. The molecule has 0 aromatic heterocycles. The van der Waals surface area contributed by atoms with Gasteiger partial charge in [-0.3, -0.25) is 4.79 Å². The molecule has 0 saturated carbocycles. The average Bonchev–Trinajstić information content (AvgIpc) is 1.72. The molecule has 0 amide bonds. The Balaban J connectivity index is 0. The molecule has 0 fully saturated rings. The zero-order chi connectivity index (χ0) is 13.6. The monoisotopic (exact) mass is 392 g/mol. The van der Waals surface area contributed by atoms with E-state index in [-0.39, 0.29) is 0 Å². The van der Waals surface area contributed by atoms with Gasteiger partial charge >= 0.3 is 18.8 Å². The predicted molar refractivity (Wildman–Crippen MR) is 65.2 cm³/mol. The Hall–Kier alpha value is 1.26. The van der Waals surface area contributed by atoms with E-state index in [9.17, 15) is 4.79 Å². The van der Waals surface area contributed by atoms with E-state index in [0.717, 1.165) is 0 Å². The van der Waals surface area contributed by atoms with Crippen molar-refractivity contribution in [3.63, 3.8) is 0 Å². The first-order chi connectivity index (χ1) is 6.83. The van der Waals surface area contributed by atoms with Crippen molar-refractivity contribution in [3.05, 3.63) is 0 Å². The molecule has 0 spiro atoms. The van der Waals surface area contributed by atoms with Crippen LogP contribution in [0.15, 0.2) is 0 Å². The van der Waals surface area contributed by atoms with Gasteiger partial charge in [-0.05, 0) is 92.8 Å². The standard InChI is InChI=1S/C3Cl6O3.CCl2O/c4-2(5,6)11-1(10)12-3(7,8)9;2-1(3)4. The zero-order valence-corrected chi connectivity index (χ0v) is 12.7. The van der Waals surface area contributed by atoms with E-state index in [2.05, 4.69) is 32.7 Å². The van der Waals surface area contributed by atoms with Crippen molar-refractivity contribution in [3.8, 4) is 0 Å². The van der Waals surface area contributed by atoms with Crippen LogP contribution in [0.5, 0.6) is 0 Å². The quantitative estimate of drug-likeness (QED) is 0.314. The number of carbonyl (C=O) groups is 2. The van der Waals surface area contributed by atoms with Crippen LogP contribution < -0.4 is 0 Å². The molecule has 0 radical (unpaired) electrons. The molecule has 0 aromatic rings.